The van der Waals surface area contributed by atoms with Gasteiger partial charge in [-0.3, -0.25) is 5.10 Å². The molecule has 5 N–H and O–H groups in total. The molecule has 2 aliphatic heterocycles. The maximum atomic E-state index is 10.1. The first-order chi connectivity index (χ1) is 15.5. The largest absolute Gasteiger partial charge is 0.390 e. The molecular formula is C21H27ClN8O2. The molecule has 5 rings (SSSR count). The Labute approximate surface area is 190 Å². The van der Waals surface area contributed by atoms with Crippen LogP contribution in [0.5, 0.6) is 0 Å². The summed E-state index contributed by atoms with van der Waals surface area (Å²) >= 11 is 6.50. The molecule has 3 aromatic heterocycles. The molecule has 11 heteroatoms. The summed E-state index contributed by atoms with van der Waals surface area (Å²) in [6.45, 7) is 4.07. The number of nitrogens with one attached hydrogen (secondary N) is 2. The third kappa shape index (κ3) is 3.29. The second-order valence-corrected chi connectivity index (χ2v) is 8.96. The first kappa shape index (κ1) is 21.3. The molecule has 0 saturated carbocycles. The van der Waals surface area contributed by atoms with Crippen LogP contribution in [0.1, 0.15) is 25.5 Å². The van der Waals surface area contributed by atoms with Gasteiger partial charge >= 0.3 is 0 Å². The number of hydrogen-bond donors (Lipinski definition) is 4. The fraction of sp³-hybridized carbons (Fsp3) is 0.524. The molecule has 0 amide bonds. The second kappa shape index (κ2) is 8.11. The highest BCUT2D eigenvalue weighted by atomic mass is 35.5. The van der Waals surface area contributed by atoms with E-state index in [-0.39, 0.29) is 24.2 Å². The van der Waals surface area contributed by atoms with Crippen molar-refractivity contribution in [1.29, 1.82) is 0 Å². The Morgan fingerprint density at radius 3 is 2.81 bits per heavy atom. The normalized spacial score (nSPS) is 22.7. The summed E-state index contributed by atoms with van der Waals surface area (Å²) in [6.07, 6.45) is 3.56. The maximum absolute atomic E-state index is 10.1. The number of anilines is 2. The number of pyridine rings is 1. The van der Waals surface area contributed by atoms with Crippen molar-refractivity contribution in [3.63, 3.8) is 0 Å². The Hall–Kier alpha value is -2.53. The van der Waals surface area contributed by atoms with E-state index < -0.39 is 0 Å². The van der Waals surface area contributed by atoms with Crippen molar-refractivity contribution in [2.24, 2.45) is 11.1 Å². The third-order valence-corrected chi connectivity index (χ3v) is 7.26. The number of aromatic amines is 1. The summed E-state index contributed by atoms with van der Waals surface area (Å²) in [7, 11) is 1.75. The Bertz CT molecular complexity index is 1140. The van der Waals surface area contributed by atoms with Crippen LogP contribution in [0.3, 0.4) is 0 Å². The molecule has 0 unspecified atom stereocenters. The zero-order chi connectivity index (χ0) is 22.5. The molecule has 3 aromatic rings. The van der Waals surface area contributed by atoms with Gasteiger partial charge in [0.1, 0.15) is 22.7 Å². The molecule has 0 radical (unpaired) electrons. The summed E-state index contributed by atoms with van der Waals surface area (Å²) in [5.74, 6) is 1.22. The van der Waals surface area contributed by atoms with E-state index in [0.29, 0.717) is 51.4 Å². The van der Waals surface area contributed by atoms with Crippen LogP contribution in [0, 0.1) is 5.41 Å². The highest BCUT2D eigenvalue weighted by Gasteiger charge is 2.47. The number of nitrogens with two attached hydrogens (primary N) is 1. The highest BCUT2D eigenvalue weighted by molar-refractivity contribution is 6.35. The van der Waals surface area contributed by atoms with Gasteiger partial charge in [0.15, 0.2) is 11.5 Å². The van der Waals surface area contributed by atoms with E-state index in [4.69, 9.17) is 32.0 Å². The van der Waals surface area contributed by atoms with Crippen LogP contribution in [-0.2, 0) is 11.3 Å². The van der Waals surface area contributed by atoms with Gasteiger partial charge in [-0.1, -0.05) is 11.6 Å². The van der Waals surface area contributed by atoms with Crippen molar-refractivity contribution in [2.75, 3.05) is 37.0 Å². The number of halogens is 1. The Balaban J connectivity index is 1.48. The topological polar surface area (TPSA) is 138 Å². The van der Waals surface area contributed by atoms with Crippen LogP contribution in [-0.4, -0.2) is 69.1 Å². The first-order valence-corrected chi connectivity index (χ1v) is 11.2. The van der Waals surface area contributed by atoms with Crippen molar-refractivity contribution < 1.29 is 9.84 Å². The molecule has 170 valence electrons. The average Bonchev–Trinajstić information content (AvgIpc) is 3.35. The molecule has 32 heavy (non-hydrogen) atoms. The van der Waals surface area contributed by atoms with Crippen molar-refractivity contribution in [3.8, 4) is 11.3 Å². The van der Waals surface area contributed by atoms with Gasteiger partial charge in [-0.25, -0.2) is 15.0 Å². The SMILES string of the molecule is CNc1nccc(-c2n[nH]c3nc(N4CCC5(CC4)CO[C@@H](C)[C@H]5N)c(CO)nc23)c1Cl. The minimum atomic E-state index is -0.226. The van der Waals surface area contributed by atoms with E-state index in [0.717, 1.165) is 25.9 Å². The molecule has 0 bridgehead atoms. The summed E-state index contributed by atoms with van der Waals surface area (Å²) in [6, 6.07) is 1.82. The van der Waals surface area contributed by atoms with E-state index >= 15 is 0 Å². The number of H-pyrrole nitrogens is 1. The van der Waals surface area contributed by atoms with Crippen molar-refractivity contribution >= 4 is 34.4 Å². The van der Waals surface area contributed by atoms with Gasteiger partial charge in [0.25, 0.3) is 0 Å². The third-order valence-electron chi connectivity index (χ3n) is 6.88. The molecular weight excluding hydrogens is 432 g/mol. The molecule has 1 spiro atoms. The molecule has 0 aromatic carbocycles. The summed E-state index contributed by atoms with van der Waals surface area (Å²) in [4.78, 5) is 15.9. The van der Waals surface area contributed by atoms with E-state index in [9.17, 15) is 5.11 Å². The van der Waals surface area contributed by atoms with Crippen LogP contribution in [0.2, 0.25) is 5.02 Å². The van der Waals surface area contributed by atoms with Gasteiger partial charge in [0, 0.05) is 43.4 Å². The Morgan fingerprint density at radius 1 is 1.38 bits per heavy atom. The average molecular weight is 459 g/mol. The summed E-state index contributed by atoms with van der Waals surface area (Å²) < 4.78 is 5.83. The second-order valence-electron chi connectivity index (χ2n) is 8.58. The fourth-order valence-electron chi connectivity index (χ4n) is 4.85. The first-order valence-electron chi connectivity index (χ1n) is 10.8. The lowest BCUT2D eigenvalue weighted by molar-refractivity contribution is 0.0973. The van der Waals surface area contributed by atoms with Crippen LogP contribution in [0.15, 0.2) is 12.3 Å². The summed E-state index contributed by atoms with van der Waals surface area (Å²) in [5, 5.41) is 20.9. The van der Waals surface area contributed by atoms with Crippen LogP contribution < -0.4 is 16.0 Å². The lowest BCUT2D eigenvalue weighted by Gasteiger charge is -2.41. The molecule has 2 saturated heterocycles. The Morgan fingerprint density at radius 2 is 2.16 bits per heavy atom. The van der Waals surface area contributed by atoms with Gasteiger partial charge in [0.2, 0.25) is 0 Å². The number of rotatable bonds is 4. The van der Waals surface area contributed by atoms with Gasteiger partial charge in [-0.15, -0.1) is 0 Å². The highest BCUT2D eigenvalue weighted by Crippen LogP contribution is 2.42. The standard InChI is InChI=1S/C21H27ClN8O2/c1-11-17(23)21(10-32-11)4-7-30(8-5-21)20-13(9-31)26-16-15(28-29-19(16)27-20)12-3-6-25-18(24-2)14(12)22/h3,6,11,17,31H,4-5,7-10,23H2,1-2H3,(H,24,25)(H,27,28,29)/t11-,17+/m0/s1. The zero-order valence-electron chi connectivity index (χ0n) is 18.1. The quantitative estimate of drug-likeness (QED) is 0.461. The van der Waals surface area contributed by atoms with Crippen molar-refractivity contribution in [1.82, 2.24) is 25.1 Å². The van der Waals surface area contributed by atoms with Crippen molar-refractivity contribution in [3.05, 3.63) is 23.0 Å². The van der Waals surface area contributed by atoms with Crippen molar-refractivity contribution in [2.45, 2.75) is 38.5 Å². The lowest BCUT2D eigenvalue weighted by atomic mass is 9.73. The van der Waals surface area contributed by atoms with Gasteiger partial charge in [-0.05, 0) is 25.8 Å². The number of aromatic nitrogens is 5. The van der Waals surface area contributed by atoms with Crippen LogP contribution in [0.4, 0.5) is 11.6 Å². The smallest absolute Gasteiger partial charge is 0.177 e. The molecule has 2 aliphatic rings. The monoisotopic (exact) mass is 458 g/mol. The van der Waals surface area contributed by atoms with Gasteiger partial charge in [0.05, 0.1) is 24.3 Å². The predicted molar refractivity (Wildman–Crippen MR) is 123 cm³/mol. The predicted octanol–water partition coefficient (Wildman–Crippen LogP) is 1.93. The van der Waals surface area contributed by atoms with Crippen LogP contribution >= 0.6 is 11.6 Å². The number of piperidine rings is 1. The van der Waals surface area contributed by atoms with E-state index in [1.165, 1.54) is 0 Å². The summed E-state index contributed by atoms with van der Waals surface area (Å²) in [5.41, 5.74) is 9.32. The molecule has 2 atom stereocenters. The van der Waals surface area contributed by atoms with Gasteiger partial charge < -0.3 is 25.8 Å². The van der Waals surface area contributed by atoms with E-state index in [2.05, 4.69) is 25.4 Å². The minimum absolute atomic E-state index is 0.0110. The number of ether oxygens (including phenoxy) is 1. The van der Waals surface area contributed by atoms with E-state index in [1.807, 2.05) is 6.92 Å². The minimum Gasteiger partial charge on any atom is -0.390 e. The number of aliphatic hydroxyl groups excluding tert-OH is 1. The molecule has 0 aliphatic carbocycles. The fourth-order valence-corrected chi connectivity index (χ4v) is 5.15. The number of fused-ring (bicyclic) bond motifs is 1. The number of aliphatic hydroxyl groups is 1. The van der Waals surface area contributed by atoms with Gasteiger partial charge in [-0.2, -0.15) is 5.10 Å². The molecule has 5 heterocycles. The lowest BCUT2D eigenvalue weighted by Crippen LogP contribution is -2.51. The maximum Gasteiger partial charge on any atom is 0.177 e. The van der Waals surface area contributed by atoms with Crippen LogP contribution in [0.25, 0.3) is 22.4 Å². The zero-order valence-corrected chi connectivity index (χ0v) is 18.9. The Kier molecular flexibility index (Phi) is 5.40. The molecule has 2 fully saturated rings. The molecule has 10 nitrogen and oxygen atoms in total. The van der Waals surface area contributed by atoms with E-state index in [1.54, 1.807) is 19.3 Å². The number of hydrogen-bond acceptors (Lipinski definition) is 9. The number of nitrogens with zero attached hydrogens (tertiary/aromatic N) is 5.